The van der Waals surface area contributed by atoms with Crippen molar-refractivity contribution in [2.24, 2.45) is 10.8 Å². The van der Waals surface area contributed by atoms with E-state index in [4.69, 9.17) is 9.47 Å². The van der Waals surface area contributed by atoms with E-state index in [9.17, 15) is 29.1 Å². The van der Waals surface area contributed by atoms with Crippen molar-refractivity contribution in [2.75, 3.05) is 19.0 Å². The zero-order valence-corrected chi connectivity index (χ0v) is 25.1. The second-order valence-corrected chi connectivity index (χ2v) is 11.2. The summed E-state index contributed by atoms with van der Waals surface area (Å²) in [7, 11) is 1.28. The van der Waals surface area contributed by atoms with Crippen molar-refractivity contribution in [3.8, 4) is 5.75 Å². The Morgan fingerprint density at radius 3 is 1.98 bits per heavy atom. The third kappa shape index (κ3) is 8.16. The lowest BCUT2D eigenvalue weighted by molar-refractivity contribution is -0.161. The normalized spacial score (nSPS) is 12.5. The number of carbonyl (C=O) groups excluding carboxylic acids is 5. The van der Waals surface area contributed by atoms with Crippen molar-refractivity contribution in [3.05, 3.63) is 95.1 Å². The summed E-state index contributed by atoms with van der Waals surface area (Å²) in [5.41, 5.74) is -0.594. The summed E-state index contributed by atoms with van der Waals surface area (Å²) in [5.74, 6) is -2.33. The molecule has 226 valence electrons. The van der Waals surface area contributed by atoms with Gasteiger partial charge in [0.2, 0.25) is 5.91 Å². The quantitative estimate of drug-likeness (QED) is 0.191. The molecule has 43 heavy (non-hydrogen) atoms. The standard InChI is InChI=1S/C34H37NO8/c1-6-43-32(41)34(4,21-33(2,3)31(40)42-5)19-18-28(37)35-25-15-12-23(13-16-25)29(38)24-14-17-26(27(36)20-24)30(39)22-10-8-7-9-11-22/h7-17,20,36H,6,18-19,21H2,1-5H3,(H,35,37). The van der Waals surface area contributed by atoms with Gasteiger partial charge in [-0.1, -0.05) is 36.4 Å². The van der Waals surface area contributed by atoms with Crippen molar-refractivity contribution in [3.63, 3.8) is 0 Å². The number of hydrogen-bond donors (Lipinski definition) is 2. The van der Waals surface area contributed by atoms with E-state index in [1.54, 1.807) is 82.3 Å². The highest BCUT2D eigenvalue weighted by atomic mass is 16.5. The average Bonchev–Trinajstić information content (AvgIpc) is 2.99. The maximum absolute atomic E-state index is 13.0. The molecule has 0 saturated heterocycles. The van der Waals surface area contributed by atoms with E-state index in [1.165, 1.54) is 25.3 Å². The van der Waals surface area contributed by atoms with Crippen LogP contribution < -0.4 is 5.32 Å². The lowest BCUT2D eigenvalue weighted by Gasteiger charge is -2.34. The Bertz CT molecular complexity index is 1490. The van der Waals surface area contributed by atoms with Gasteiger partial charge >= 0.3 is 11.9 Å². The lowest BCUT2D eigenvalue weighted by Crippen LogP contribution is -2.39. The molecule has 0 saturated carbocycles. The van der Waals surface area contributed by atoms with Gasteiger partial charge in [-0.05, 0) is 76.9 Å². The first-order chi connectivity index (χ1) is 20.3. The molecule has 0 radical (unpaired) electrons. The van der Waals surface area contributed by atoms with Crippen LogP contribution in [0.1, 0.15) is 78.8 Å². The number of aromatic hydroxyl groups is 1. The fourth-order valence-electron chi connectivity index (χ4n) is 4.99. The number of nitrogens with one attached hydrogen (secondary N) is 1. The molecule has 1 atom stereocenters. The number of benzene rings is 3. The van der Waals surface area contributed by atoms with Crippen LogP contribution in [0.5, 0.6) is 5.75 Å². The number of carbonyl (C=O) groups is 5. The molecule has 0 spiro atoms. The molecule has 0 heterocycles. The summed E-state index contributed by atoms with van der Waals surface area (Å²) in [4.78, 5) is 63.6. The Morgan fingerprint density at radius 2 is 1.40 bits per heavy atom. The molecule has 3 aromatic rings. The van der Waals surface area contributed by atoms with Gasteiger partial charge in [0.05, 0.1) is 30.1 Å². The van der Waals surface area contributed by atoms with E-state index in [0.29, 0.717) is 16.8 Å². The number of ether oxygens (including phenoxy) is 2. The molecule has 9 nitrogen and oxygen atoms in total. The van der Waals surface area contributed by atoms with Crippen LogP contribution in [0.3, 0.4) is 0 Å². The van der Waals surface area contributed by atoms with E-state index < -0.39 is 22.8 Å². The molecule has 0 aliphatic carbocycles. The number of ketones is 2. The lowest BCUT2D eigenvalue weighted by atomic mass is 9.71. The van der Waals surface area contributed by atoms with Gasteiger partial charge in [0.15, 0.2) is 11.6 Å². The SMILES string of the molecule is CCOC(=O)C(C)(CCC(=O)Nc1ccc(C(=O)c2ccc(C(=O)c3ccccc3)c(O)c2)cc1)CC(C)(C)C(=O)OC. The Kier molecular flexibility index (Phi) is 10.6. The predicted octanol–water partition coefficient (Wildman–Crippen LogP) is 5.73. The summed E-state index contributed by atoms with van der Waals surface area (Å²) < 4.78 is 10.1. The maximum atomic E-state index is 13.0. The molecule has 0 aromatic heterocycles. The third-order valence-electron chi connectivity index (χ3n) is 7.21. The molecule has 1 unspecified atom stereocenters. The summed E-state index contributed by atoms with van der Waals surface area (Å²) >= 11 is 0. The highest BCUT2D eigenvalue weighted by Gasteiger charge is 2.43. The number of esters is 2. The van der Waals surface area contributed by atoms with Gasteiger partial charge in [-0.25, -0.2) is 0 Å². The molecule has 3 aromatic carbocycles. The number of rotatable bonds is 13. The molecule has 0 aliphatic heterocycles. The second kappa shape index (κ2) is 13.9. The Hall–Kier alpha value is -4.79. The summed E-state index contributed by atoms with van der Waals surface area (Å²) in [6.45, 7) is 6.89. The van der Waals surface area contributed by atoms with Crippen LogP contribution in [-0.4, -0.2) is 48.2 Å². The van der Waals surface area contributed by atoms with Crippen molar-refractivity contribution in [2.45, 2.75) is 47.0 Å². The van der Waals surface area contributed by atoms with Crippen LogP contribution in [0.25, 0.3) is 0 Å². The highest BCUT2D eigenvalue weighted by molar-refractivity contribution is 6.13. The molecule has 3 rings (SSSR count). The van der Waals surface area contributed by atoms with Crippen molar-refractivity contribution in [1.82, 2.24) is 0 Å². The first-order valence-electron chi connectivity index (χ1n) is 13.9. The topological polar surface area (TPSA) is 136 Å². The van der Waals surface area contributed by atoms with E-state index in [2.05, 4.69) is 5.32 Å². The maximum Gasteiger partial charge on any atom is 0.311 e. The zero-order chi connectivity index (χ0) is 31.8. The molecule has 0 bridgehead atoms. The van der Waals surface area contributed by atoms with Crippen LogP contribution in [0, 0.1) is 10.8 Å². The number of phenols is 1. The van der Waals surface area contributed by atoms with Crippen LogP contribution in [0.4, 0.5) is 5.69 Å². The highest BCUT2D eigenvalue weighted by Crippen LogP contribution is 2.39. The van der Waals surface area contributed by atoms with Crippen molar-refractivity contribution in [1.29, 1.82) is 0 Å². The van der Waals surface area contributed by atoms with Gasteiger partial charge in [0, 0.05) is 28.8 Å². The molecule has 9 heteroatoms. The summed E-state index contributed by atoms with van der Waals surface area (Å²) in [5, 5.41) is 13.2. The Morgan fingerprint density at radius 1 is 0.791 bits per heavy atom. The number of methoxy groups -OCH3 is 1. The van der Waals surface area contributed by atoms with E-state index in [1.807, 2.05) is 0 Å². The average molecular weight is 588 g/mol. The van der Waals surface area contributed by atoms with Gasteiger partial charge in [-0.2, -0.15) is 0 Å². The predicted molar refractivity (Wildman–Crippen MR) is 161 cm³/mol. The fraction of sp³-hybridized carbons (Fsp3) is 0.324. The molecule has 2 N–H and O–H groups in total. The molecule has 1 amide bonds. The van der Waals surface area contributed by atoms with Crippen molar-refractivity contribution < 1.29 is 38.6 Å². The summed E-state index contributed by atoms with van der Waals surface area (Å²) in [6, 6.07) is 18.9. The van der Waals surface area contributed by atoms with Crippen molar-refractivity contribution >= 4 is 35.1 Å². The van der Waals surface area contributed by atoms with Crippen LogP contribution in [-0.2, 0) is 23.9 Å². The molecule has 0 fully saturated rings. The number of hydrogen-bond acceptors (Lipinski definition) is 8. The number of anilines is 1. The van der Waals surface area contributed by atoms with Gasteiger partial charge in [-0.15, -0.1) is 0 Å². The largest absolute Gasteiger partial charge is 0.507 e. The first kappa shape index (κ1) is 32.7. The van der Waals surface area contributed by atoms with Gasteiger partial charge in [0.1, 0.15) is 5.75 Å². The first-order valence-corrected chi connectivity index (χ1v) is 13.9. The second-order valence-electron chi connectivity index (χ2n) is 11.2. The van der Waals surface area contributed by atoms with Gasteiger partial charge in [0.25, 0.3) is 0 Å². The van der Waals surface area contributed by atoms with E-state index >= 15 is 0 Å². The number of phenolic OH excluding ortho intramolecular Hbond substituents is 1. The smallest absolute Gasteiger partial charge is 0.311 e. The Labute approximate surface area is 251 Å². The molecule has 0 aliphatic rings. The van der Waals surface area contributed by atoms with Crippen LogP contribution >= 0.6 is 0 Å². The van der Waals surface area contributed by atoms with Crippen LogP contribution in [0.2, 0.25) is 0 Å². The minimum Gasteiger partial charge on any atom is -0.507 e. The third-order valence-corrected chi connectivity index (χ3v) is 7.21. The number of amides is 1. The van der Waals surface area contributed by atoms with Crippen LogP contribution in [0.15, 0.2) is 72.8 Å². The minimum absolute atomic E-state index is 0.0133. The zero-order valence-electron chi connectivity index (χ0n) is 25.1. The minimum atomic E-state index is -1.10. The fourth-order valence-corrected chi connectivity index (χ4v) is 4.99. The summed E-state index contributed by atoms with van der Waals surface area (Å²) in [6.07, 6.45) is 0.258. The molecular formula is C34H37NO8. The van der Waals surface area contributed by atoms with E-state index in [0.717, 1.165) is 0 Å². The monoisotopic (exact) mass is 587 g/mol. The van der Waals surface area contributed by atoms with Gasteiger partial charge in [-0.3, -0.25) is 24.0 Å². The van der Waals surface area contributed by atoms with E-state index in [-0.39, 0.29) is 60.2 Å². The molecular weight excluding hydrogens is 550 g/mol. The van der Waals surface area contributed by atoms with Gasteiger partial charge < -0.3 is 19.9 Å². The Balaban J connectivity index is 1.66.